The Morgan fingerprint density at radius 1 is 1.44 bits per heavy atom. The fourth-order valence-electron chi connectivity index (χ4n) is 1.39. The molecule has 0 fully saturated rings. The molecule has 0 aromatic carbocycles. The summed E-state index contributed by atoms with van der Waals surface area (Å²) in [4.78, 5) is 14.8. The number of rotatable bonds is 3. The Kier molecular flexibility index (Phi) is 2.63. The zero-order valence-corrected chi connectivity index (χ0v) is 8.66. The topological polar surface area (TPSA) is 80.9 Å². The number of nitrogens with zero attached hydrogens (tertiary/aromatic N) is 4. The van der Waals surface area contributed by atoms with Gasteiger partial charge in [0.2, 0.25) is 0 Å². The molecular formula is C10H10N4O2. The van der Waals surface area contributed by atoms with Gasteiger partial charge in [-0.2, -0.15) is 0 Å². The van der Waals surface area contributed by atoms with E-state index in [2.05, 4.69) is 15.2 Å². The second-order valence-electron chi connectivity index (χ2n) is 3.27. The van der Waals surface area contributed by atoms with Crippen molar-refractivity contribution in [3.8, 4) is 11.5 Å². The van der Waals surface area contributed by atoms with Crippen molar-refractivity contribution in [1.29, 1.82) is 0 Å². The third kappa shape index (κ3) is 1.90. The maximum Gasteiger partial charge on any atom is 0.323 e. The average molecular weight is 218 g/mol. The molecule has 2 rings (SSSR count). The Morgan fingerprint density at radius 3 is 2.88 bits per heavy atom. The second-order valence-corrected chi connectivity index (χ2v) is 3.27. The average Bonchev–Trinajstić information content (AvgIpc) is 2.61. The van der Waals surface area contributed by atoms with Gasteiger partial charge in [0.05, 0.1) is 0 Å². The smallest absolute Gasteiger partial charge is 0.323 e. The largest absolute Gasteiger partial charge is 0.480 e. The van der Waals surface area contributed by atoms with Gasteiger partial charge < -0.3 is 5.11 Å². The van der Waals surface area contributed by atoms with Crippen molar-refractivity contribution < 1.29 is 9.90 Å². The molecule has 0 saturated heterocycles. The summed E-state index contributed by atoms with van der Waals surface area (Å²) >= 11 is 0. The van der Waals surface area contributed by atoms with Crippen molar-refractivity contribution in [2.45, 2.75) is 13.5 Å². The number of pyridine rings is 1. The van der Waals surface area contributed by atoms with Gasteiger partial charge in [0, 0.05) is 6.20 Å². The molecule has 0 amide bonds. The van der Waals surface area contributed by atoms with Crippen molar-refractivity contribution in [3.05, 3.63) is 30.2 Å². The van der Waals surface area contributed by atoms with E-state index >= 15 is 0 Å². The SMILES string of the molecule is Cc1nnc(-c2ccccn2)n1CC(=O)O. The highest BCUT2D eigenvalue weighted by Crippen LogP contribution is 2.14. The Bertz CT molecular complexity index is 507. The lowest BCUT2D eigenvalue weighted by molar-refractivity contribution is -0.137. The highest BCUT2D eigenvalue weighted by atomic mass is 16.4. The van der Waals surface area contributed by atoms with Crippen molar-refractivity contribution in [1.82, 2.24) is 19.7 Å². The summed E-state index contributed by atoms with van der Waals surface area (Å²) in [5.41, 5.74) is 0.615. The molecule has 0 atom stereocenters. The summed E-state index contributed by atoms with van der Waals surface area (Å²) in [5, 5.41) is 16.6. The van der Waals surface area contributed by atoms with Gasteiger partial charge >= 0.3 is 5.97 Å². The van der Waals surface area contributed by atoms with Crippen molar-refractivity contribution in [3.63, 3.8) is 0 Å². The fourth-order valence-corrected chi connectivity index (χ4v) is 1.39. The van der Waals surface area contributed by atoms with E-state index in [1.54, 1.807) is 25.3 Å². The molecule has 0 unspecified atom stereocenters. The highest BCUT2D eigenvalue weighted by molar-refractivity contribution is 5.67. The van der Waals surface area contributed by atoms with Crippen LogP contribution in [0.1, 0.15) is 5.82 Å². The number of hydrogen-bond donors (Lipinski definition) is 1. The minimum atomic E-state index is -0.930. The standard InChI is InChI=1S/C10H10N4O2/c1-7-12-13-10(14(7)6-9(15)16)8-4-2-3-5-11-8/h2-5H,6H2,1H3,(H,15,16). The minimum absolute atomic E-state index is 0.162. The number of aromatic nitrogens is 4. The first-order valence-corrected chi connectivity index (χ1v) is 4.71. The molecule has 0 bridgehead atoms. The summed E-state index contributed by atoms with van der Waals surface area (Å²) in [7, 11) is 0. The van der Waals surface area contributed by atoms with Gasteiger partial charge in [-0.05, 0) is 19.1 Å². The van der Waals surface area contributed by atoms with Crippen LogP contribution in [0.25, 0.3) is 11.5 Å². The number of carbonyl (C=O) groups is 1. The zero-order chi connectivity index (χ0) is 11.5. The van der Waals surface area contributed by atoms with Gasteiger partial charge in [-0.1, -0.05) is 6.07 Å². The molecule has 0 aliphatic carbocycles. The first-order chi connectivity index (χ1) is 7.68. The monoisotopic (exact) mass is 218 g/mol. The lowest BCUT2D eigenvalue weighted by Crippen LogP contribution is -2.11. The van der Waals surface area contributed by atoms with Crippen molar-refractivity contribution >= 4 is 5.97 Å². The van der Waals surface area contributed by atoms with E-state index in [0.717, 1.165) is 0 Å². The maximum atomic E-state index is 10.7. The summed E-state index contributed by atoms with van der Waals surface area (Å²) in [6.45, 7) is 1.55. The second kappa shape index (κ2) is 4.09. The van der Waals surface area contributed by atoms with Gasteiger partial charge in [-0.3, -0.25) is 14.3 Å². The van der Waals surface area contributed by atoms with Crippen LogP contribution in [-0.4, -0.2) is 30.8 Å². The van der Waals surface area contributed by atoms with Crippen LogP contribution in [0, 0.1) is 6.92 Å². The molecule has 2 aromatic rings. The van der Waals surface area contributed by atoms with Crippen LogP contribution in [0.4, 0.5) is 0 Å². The maximum absolute atomic E-state index is 10.7. The van der Waals surface area contributed by atoms with Crippen LogP contribution < -0.4 is 0 Å². The van der Waals surface area contributed by atoms with Gasteiger partial charge in [-0.15, -0.1) is 10.2 Å². The fraction of sp³-hybridized carbons (Fsp3) is 0.200. The van der Waals surface area contributed by atoms with E-state index in [4.69, 9.17) is 5.11 Å². The van der Waals surface area contributed by atoms with E-state index in [-0.39, 0.29) is 6.54 Å². The van der Waals surface area contributed by atoms with E-state index in [9.17, 15) is 4.79 Å². The molecule has 1 N–H and O–H groups in total. The van der Waals surface area contributed by atoms with Gasteiger partial charge in [0.15, 0.2) is 5.82 Å². The molecule has 6 heteroatoms. The summed E-state index contributed by atoms with van der Waals surface area (Å²) in [5.74, 6) is 0.101. The molecule has 2 aromatic heterocycles. The molecule has 16 heavy (non-hydrogen) atoms. The van der Waals surface area contributed by atoms with E-state index in [0.29, 0.717) is 17.3 Å². The van der Waals surface area contributed by atoms with Crippen LogP contribution in [0.2, 0.25) is 0 Å². The molecule has 6 nitrogen and oxygen atoms in total. The quantitative estimate of drug-likeness (QED) is 0.821. The van der Waals surface area contributed by atoms with E-state index in [1.807, 2.05) is 6.07 Å². The van der Waals surface area contributed by atoms with Crippen molar-refractivity contribution in [2.24, 2.45) is 0 Å². The lowest BCUT2D eigenvalue weighted by Gasteiger charge is -2.04. The zero-order valence-electron chi connectivity index (χ0n) is 8.66. The molecule has 0 aliphatic rings. The Hall–Kier alpha value is -2.24. The molecule has 2 heterocycles. The number of aliphatic carboxylic acids is 1. The summed E-state index contributed by atoms with van der Waals surface area (Å²) in [6.07, 6.45) is 1.63. The predicted molar refractivity (Wildman–Crippen MR) is 55.6 cm³/mol. The molecule has 0 aliphatic heterocycles. The van der Waals surface area contributed by atoms with E-state index < -0.39 is 5.97 Å². The summed E-state index contributed by atoms with van der Waals surface area (Å²) in [6, 6.07) is 5.37. The Balaban J connectivity index is 2.46. The summed E-state index contributed by atoms with van der Waals surface area (Å²) < 4.78 is 1.52. The lowest BCUT2D eigenvalue weighted by atomic mass is 10.3. The Morgan fingerprint density at radius 2 is 2.25 bits per heavy atom. The van der Waals surface area contributed by atoms with Gasteiger partial charge in [0.25, 0.3) is 0 Å². The molecular weight excluding hydrogens is 208 g/mol. The molecule has 0 radical (unpaired) electrons. The molecule has 0 spiro atoms. The number of hydrogen-bond acceptors (Lipinski definition) is 4. The van der Waals surface area contributed by atoms with Gasteiger partial charge in [-0.25, -0.2) is 0 Å². The third-order valence-corrected chi connectivity index (χ3v) is 2.12. The van der Waals surface area contributed by atoms with Crippen LogP contribution in [-0.2, 0) is 11.3 Å². The predicted octanol–water partition coefficient (Wildman–Crippen LogP) is 0.733. The van der Waals surface area contributed by atoms with E-state index in [1.165, 1.54) is 4.57 Å². The van der Waals surface area contributed by atoms with Crippen LogP contribution in [0.5, 0.6) is 0 Å². The third-order valence-electron chi connectivity index (χ3n) is 2.12. The molecule has 0 saturated carbocycles. The van der Waals surface area contributed by atoms with Crippen LogP contribution >= 0.6 is 0 Å². The molecule has 82 valence electrons. The normalized spacial score (nSPS) is 10.3. The first kappa shape index (κ1) is 10.3. The number of carboxylic acid groups (broad SMARTS) is 1. The Labute approximate surface area is 91.6 Å². The van der Waals surface area contributed by atoms with Gasteiger partial charge in [0.1, 0.15) is 18.1 Å². The van der Waals surface area contributed by atoms with Crippen LogP contribution in [0.15, 0.2) is 24.4 Å². The minimum Gasteiger partial charge on any atom is -0.480 e. The number of carboxylic acids is 1. The van der Waals surface area contributed by atoms with Crippen molar-refractivity contribution in [2.75, 3.05) is 0 Å². The first-order valence-electron chi connectivity index (χ1n) is 4.71. The number of aryl methyl sites for hydroxylation is 1. The highest BCUT2D eigenvalue weighted by Gasteiger charge is 2.13. The van der Waals surface area contributed by atoms with Crippen LogP contribution in [0.3, 0.4) is 0 Å².